The Bertz CT molecular complexity index is 363. The first kappa shape index (κ1) is 8.56. The summed E-state index contributed by atoms with van der Waals surface area (Å²) >= 11 is 0. The highest BCUT2D eigenvalue weighted by Crippen LogP contribution is 2.11. The molecular formula is C9H15N3O. The molecule has 0 fully saturated rings. The lowest BCUT2D eigenvalue weighted by molar-refractivity contribution is 0.311. The third kappa shape index (κ3) is 1.31. The first-order chi connectivity index (χ1) is 6.22. The van der Waals surface area contributed by atoms with Crippen LogP contribution < -0.4 is 5.56 Å². The van der Waals surface area contributed by atoms with Crippen LogP contribution in [-0.4, -0.2) is 28.3 Å². The average Bonchev–Trinajstić information content (AvgIpc) is 2.44. The maximum Gasteiger partial charge on any atom is 0.271 e. The van der Waals surface area contributed by atoms with E-state index in [-0.39, 0.29) is 5.56 Å². The molecule has 0 radical (unpaired) electrons. The molecule has 1 aliphatic rings. The molecule has 13 heavy (non-hydrogen) atoms. The van der Waals surface area contributed by atoms with Crippen molar-refractivity contribution in [2.24, 2.45) is 0 Å². The third-order valence-electron chi connectivity index (χ3n) is 2.63. The zero-order chi connectivity index (χ0) is 9.42. The van der Waals surface area contributed by atoms with Crippen molar-refractivity contribution in [3.63, 3.8) is 0 Å². The SMILES string of the molecule is CCn1[nH]c2c(c1=O)CN(C)CC2. The fourth-order valence-corrected chi connectivity index (χ4v) is 1.82. The zero-order valence-corrected chi connectivity index (χ0v) is 8.13. The Morgan fingerprint density at radius 2 is 2.31 bits per heavy atom. The molecule has 0 aliphatic carbocycles. The van der Waals surface area contributed by atoms with Crippen LogP contribution in [0.25, 0.3) is 0 Å². The molecule has 1 N–H and O–H groups in total. The normalized spacial score (nSPS) is 17.4. The molecule has 2 rings (SSSR count). The van der Waals surface area contributed by atoms with Gasteiger partial charge in [0.15, 0.2) is 0 Å². The van der Waals surface area contributed by atoms with E-state index in [4.69, 9.17) is 0 Å². The Kier molecular flexibility index (Phi) is 2.00. The Balaban J connectivity index is 2.46. The highest BCUT2D eigenvalue weighted by atomic mass is 16.1. The van der Waals surface area contributed by atoms with Gasteiger partial charge in [-0.2, -0.15) is 0 Å². The molecule has 4 heteroatoms. The first-order valence-corrected chi connectivity index (χ1v) is 4.71. The summed E-state index contributed by atoms with van der Waals surface area (Å²) in [4.78, 5) is 13.9. The van der Waals surface area contributed by atoms with E-state index in [1.54, 1.807) is 4.68 Å². The summed E-state index contributed by atoms with van der Waals surface area (Å²) in [5.74, 6) is 0. The van der Waals surface area contributed by atoms with Gasteiger partial charge in [0.25, 0.3) is 5.56 Å². The minimum Gasteiger partial charge on any atom is -0.301 e. The quantitative estimate of drug-likeness (QED) is 0.671. The van der Waals surface area contributed by atoms with Gasteiger partial charge in [-0.15, -0.1) is 0 Å². The van der Waals surface area contributed by atoms with Crippen molar-refractivity contribution in [1.82, 2.24) is 14.7 Å². The standard InChI is InChI=1S/C9H15N3O/c1-3-12-9(13)7-6-11(2)5-4-8(7)10-12/h10H,3-6H2,1-2H3. The lowest BCUT2D eigenvalue weighted by atomic mass is 10.1. The predicted molar refractivity (Wildman–Crippen MR) is 50.8 cm³/mol. The van der Waals surface area contributed by atoms with Gasteiger partial charge in [0.05, 0.1) is 5.56 Å². The van der Waals surface area contributed by atoms with Crippen molar-refractivity contribution in [2.45, 2.75) is 26.4 Å². The van der Waals surface area contributed by atoms with Gasteiger partial charge in [-0.05, 0) is 14.0 Å². The second kappa shape index (κ2) is 3.03. The third-order valence-corrected chi connectivity index (χ3v) is 2.63. The van der Waals surface area contributed by atoms with E-state index in [2.05, 4.69) is 10.00 Å². The molecule has 4 nitrogen and oxygen atoms in total. The van der Waals surface area contributed by atoms with E-state index in [0.29, 0.717) is 0 Å². The van der Waals surface area contributed by atoms with Crippen LogP contribution >= 0.6 is 0 Å². The number of aromatic amines is 1. The van der Waals surface area contributed by atoms with Gasteiger partial charge in [0.1, 0.15) is 0 Å². The molecule has 0 unspecified atom stereocenters. The minimum atomic E-state index is 0.157. The number of aryl methyl sites for hydroxylation is 1. The van der Waals surface area contributed by atoms with Crippen molar-refractivity contribution < 1.29 is 0 Å². The van der Waals surface area contributed by atoms with Crippen LogP contribution in [0.3, 0.4) is 0 Å². The number of fused-ring (bicyclic) bond motifs is 1. The molecule has 0 bridgehead atoms. The minimum absolute atomic E-state index is 0.157. The smallest absolute Gasteiger partial charge is 0.271 e. The van der Waals surface area contributed by atoms with E-state index in [1.165, 1.54) is 0 Å². The summed E-state index contributed by atoms with van der Waals surface area (Å²) < 4.78 is 1.68. The number of nitrogens with one attached hydrogen (secondary N) is 1. The second-order valence-electron chi connectivity index (χ2n) is 3.61. The van der Waals surface area contributed by atoms with Gasteiger partial charge >= 0.3 is 0 Å². The van der Waals surface area contributed by atoms with Crippen LogP contribution in [-0.2, 0) is 19.5 Å². The van der Waals surface area contributed by atoms with Crippen molar-refractivity contribution in [2.75, 3.05) is 13.6 Å². The van der Waals surface area contributed by atoms with Crippen molar-refractivity contribution >= 4 is 0 Å². The zero-order valence-electron chi connectivity index (χ0n) is 8.13. The summed E-state index contributed by atoms with van der Waals surface area (Å²) in [5.41, 5.74) is 2.24. The largest absolute Gasteiger partial charge is 0.301 e. The summed E-state index contributed by atoms with van der Waals surface area (Å²) in [6, 6.07) is 0. The summed E-state index contributed by atoms with van der Waals surface area (Å²) in [6.45, 7) is 4.54. The molecule has 1 aromatic rings. The van der Waals surface area contributed by atoms with Gasteiger partial charge in [0, 0.05) is 31.7 Å². The molecule has 1 aliphatic heterocycles. The number of hydrogen-bond acceptors (Lipinski definition) is 2. The molecule has 0 aromatic carbocycles. The molecule has 0 amide bonds. The van der Waals surface area contributed by atoms with Gasteiger partial charge in [-0.1, -0.05) is 0 Å². The average molecular weight is 181 g/mol. The number of aromatic nitrogens is 2. The van der Waals surface area contributed by atoms with E-state index in [9.17, 15) is 4.79 Å². The van der Waals surface area contributed by atoms with Gasteiger partial charge in [0.2, 0.25) is 0 Å². The fraction of sp³-hybridized carbons (Fsp3) is 0.667. The highest BCUT2D eigenvalue weighted by molar-refractivity contribution is 5.19. The van der Waals surface area contributed by atoms with E-state index in [1.807, 2.05) is 14.0 Å². The summed E-state index contributed by atoms with van der Waals surface area (Å²) in [6.07, 6.45) is 0.966. The maximum absolute atomic E-state index is 11.7. The Morgan fingerprint density at radius 3 is 3.00 bits per heavy atom. The number of rotatable bonds is 1. The van der Waals surface area contributed by atoms with Crippen LogP contribution in [0.15, 0.2) is 4.79 Å². The number of H-pyrrole nitrogens is 1. The topological polar surface area (TPSA) is 41.0 Å². The monoisotopic (exact) mass is 181 g/mol. The maximum atomic E-state index is 11.7. The van der Waals surface area contributed by atoms with Crippen molar-refractivity contribution in [1.29, 1.82) is 0 Å². The van der Waals surface area contributed by atoms with Gasteiger partial charge in [-0.3, -0.25) is 14.6 Å². The predicted octanol–water partition coefficient (Wildman–Crippen LogP) is 0.184. The first-order valence-electron chi connectivity index (χ1n) is 4.71. The number of hydrogen-bond donors (Lipinski definition) is 1. The lowest BCUT2D eigenvalue weighted by Crippen LogP contribution is -2.29. The van der Waals surface area contributed by atoms with Crippen molar-refractivity contribution in [3.05, 3.63) is 21.6 Å². The second-order valence-corrected chi connectivity index (χ2v) is 3.61. The van der Waals surface area contributed by atoms with E-state index < -0.39 is 0 Å². The number of nitrogens with zero attached hydrogens (tertiary/aromatic N) is 2. The Morgan fingerprint density at radius 1 is 1.54 bits per heavy atom. The lowest BCUT2D eigenvalue weighted by Gasteiger charge is -2.20. The van der Waals surface area contributed by atoms with Crippen LogP contribution in [0.4, 0.5) is 0 Å². The molecule has 2 heterocycles. The van der Waals surface area contributed by atoms with Crippen molar-refractivity contribution in [3.8, 4) is 0 Å². The molecule has 0 saturated heterocycles. The van der Waals surface area contributed by atoms with E-state index in [0.717, 1.165) is 37.3 Å². The van der Waals surface area contributed by atoms with Crippen LogP contribution in [0, 0.1) is 0 Å². The molecular weight excluding hydrogens is 166 g/mol. The van der Waals surface area contributed by atoms with Crippen LogP contribution in [0.5, 0.6) is 0 Å². The van der Waals surface area contributed by atoms with Crippen LogP contribution in [0.1, 0.15) is 18.2 Å². The molecule has 72 valence electrons. The summed E-state index contributed by atoms with van der Waals surface area (Å²) in [5, 5.41) is 3.15. The molecule has 0 saturated carbocycles. The van der Waals surface area contributed by atoms with Gasteiger partial charge in [-0.25, -0.2) is 0 Å². The van der Waals surface area contributed by atoms with Crippen LogP contribution in [0.2, 0.25) is 0 Å². The summed E-state index contributed by atoms with van der Waals surface area (Å²) in [7, 11) is 2.05. The molecule has 0 spiro atoms. The number of likely N-dealkylation sites (N-methyl/N-ethyl adjacent to an activating group) is 1. The Hall–Kier alpha value is -1.03. The molecule has 0 atom stereocenters. The Labute approximate surface area is 77.1 Å². The highest BCUT2D eigenvalue weighted by Gasteiger charge is 2.19. The molecule has 1 aromatic heterocycles. The van der Waals surface area contributed by atoms with E-state index >= 15 is 0 Å². The fourth-order valence-electron chi connectivity index (χ4n) is 1.82. The van der Waals surface area contributed by atoms with Gasteiger partial charge < -0.3 is 4.90 Å².